The Kier molecular flexibility index (Phi) is 2.53. The maximum absolute atomic E-state index is 13.0. The van der Waals surface area contributed by atoms with Gasteiger partial charge in [0.1, 0.15) is 7.14 Å². The molecule has 2 aromatic rings. The van der Waals surface area contributed by atoms with Gasteiger partial charge in [0, 0.05) is 34.4 Å². The van der Waals surface area contributed by atoms with Gasteiger partial charge in [-0.15, -0.1) is 0 Å². The summed E-state index contributed by atoms with van der Waals surface area (Å²) < 4.78 is 13.0. The molecule has 1 aliphatic heterocycles. The SMILES string of the molecule is Cc1ccc2c(P3(=O)CC=CC3)c(N)ccc2n1. The van der Waals surface area contributed by atoms with Crippen LogP contribution in [0.5, 0.6) is 0 Å². The number of nitrogen functional groups attached to an aromatic ring is 1. The number of pyridine rings is 1. The number of hydrogen-bond acceptors (Lipinski definition) is 3. The van der Waals surface area contributed by atoms with Crippen molar-refractivity contribution in [2.45, 2.75) is 6.92 Å². The van der Waals surface area contributed by atoms with E-state index in [-0.39, 0.29) is 0 Å². The fourth-order valence-corrected chi connectivity index (χ4v) is 5.18. The van der Waals surface area contributed by atoms with Crippen LogP contribution in [-0.2, 0) is 4.57 Å². The Labute approximate surface area is 106 Å². The van der Waals surface area contributed by atoms with Crippen LogP contribution in [0.1, 0.15) is 5.69 Å². The number of allylic oxidation sites excluding steroid dienone is 2. The van der Waals surface area contributed by atoms with Crippen molar-refractivity contribution in [2.24, 2.45) is 0 Å². The minimum Gasteiger partial charge on any atom is -0.398 e. The number of anilines is 1. The molecule has 4 heteroatoms. The molecule has 0 spiro atoms. The number of aryl methyl sites for hydroxylation is 1. The van der Waals surface area contributed by atoms with Crippen LogP contribution in [0.4, 0.5) is 5.69 Å². The first kappa shape index (κ1) is 11.5. The molecule has 0 bridgehead atoms. The number of rotatable bonds is 1. The summed E-state index contributed by atoms with van der Waals surface area (Å²) in [5.41, 5.74) is 8.52. The lowest BCUT2D eigenvalue weighted by molar-refractivity contribution is 0.586. The van der Waals surface area contributed by atoms with Gasteiger partial charge in [0.25, 0.3) is 0 Å². The number of nitrogens with two attached hydrogens (primary N) is 1. The Morgan fingerprint density at radius 2 is 1.89 bits per heavy atom. The predicted octanol–water partition coefficient (Wildman–Crippen LogP) is 2.68. The number of nitrogens with zero attached hydrogens (tertiary/aromatic N) is 1. The van der Waals surface area contributed by atoms with E-state index in [1.807, 2.05) is 43.3 Å². The first-order valence-corrected chi connectivity index (χ1v) is 8.07. The van der Waals surface area contributed by atoms with Crippen LogP contribution in [0.2, 0.25) is 0 Å². The van der Waals surface area contributed by atoms with Gasteiger partial charge in [-0.3, -0.25) is 4.98 Å². The van der Waals surface area contributed by atoms with Gasteiger partial charge in [-0.1, -0.05) is 18.2 Å². The highest BCUT2D eigenvalue weighted by Crippen LogP contribution is 2.50. The van der Waals surface area contributed by atoms with Crippen molar-refractivity contribution in [3.8, 4) is 0 Å². The fourth-order valence-electron chi connectivity index (χ4n) is 2.51. The predicted molar refractivity (Wildman–Crippen MR) is 77.0 cm³/mol. The zero-order valence-corrected chi connectivity index (χ0v) is 11.2. The van der Waals surface area contributed by atoms with Gasteiger partial charge in [0.15, 0.2) is 0 Å². The molecule has 0 unspecified atom stereocenters. The van der Waals surface area contributed by atoms with Gasteiger partial charge >= 0.3 is 0 Å². The second-order valence-electron chi connectivity index (χ2n) is 4.75. The summed E-state index contributed by atoms with van der Waals surface area (Å²) >= 11 is 0. The highest BCUT2D eigenvalue weighted by atomic mass is 31.2. The normalized spacial score (nSPS) is 17.4. The molecule has 1 aromatic heterocycles. The minimum absolute atomic E-state index is 0.615. The van der Waals surface area contributed by atoms with Crippen molar-refractivity contribution in [3.05, 3.63) is 42.1 Å². The van der Waals surface area contributed by atoms with Crippen molar-refractivity contribution in [3.63, 3.8) is 0 Å². The summed E-state index contributed by atoms with van der Waals surface area (Å²) in [5.74, 6) is 0. The van der Waals surface area contributed by atoms with Gasteiger partial charge in [0.2, 0.25) is 0 Å². The van der Waals surface area contributed by atoms with Crippen molar-refractivity contribution in [2.75, 3.05) is 18.1 Å². The highest BCUT2D eigenvalue weighted by Gasteiger charge is 2.29. The third kappa shape index (κ3) is 1.67. The standard InChI is InChI=1S/C14H15N2OP/c1-10-4-5-11-13(16-10)7-6-12(15)14(11)18(17)8-2-3-9-18/h2-7H,8-9,15H2,1H3. The Bertz CT molecular complexity index is 694. The molecule has 0 saturated carbocycles. The average molecular weight is 258 g/mol. The molecule has 2 N–H and O–H groups in total. The number of hydrogen-bond donors (Lipinski definition) is 1. The summed E-state index contributed by atoms with van der Waals surface area (Å²) in [7, 11) is -2.40. The minimum atomic E-state index is -2.40. The van der Waals surface area contributed by atoms with Crippen LogP contribution < -0.4 is 11.0 Å². The summed E-state index contributed by atoms with van der Waals surface area (Å²) in [6.45, 7) is 1.95. The molecule has 3 nitrogen and oxygen atoms in total. The second-order valence-corrected chi connectivity index (χ2v) is 7.70. The number of fused-ring (bicyclic) bond motifs is 1. The Morgan fingerprint density at radius 1 is 1.17 bits per heavy atom. The Hall–Kier alpha value is -1.60. The van der Waals surface area contributed by atoms with E-state index in [0.717, 1.165) is 21.9 Å². The largest absolute Gasteiger partial charge is 0.398 e. The van der Waals surface area contributed by atoms with Crippen LogP contribution in [0.25, 0.3) is 10.9 Å². The lowest BCUT2D eigenvalue weighted by Crippen LogP contribution is -2.14. The third-order valence-electron chi connectivity index (χ3n) is 3.39. The topological polar surface area (TPSA) is 56.0 Å². The van der Waals surface area contributed by atoms with Gasteiger partial charge in [-0.25, -0.2) is 0 Å². The molecule has 0 atom stereocenters. The van der Waals surface area contributed by atoms with E-state index in [0.29, 0.717) is 18.0 Å². The van der Waals surface area contributed by atoms with Crippen molar-refractivity contribution in [1.82, 2.24) is 4.98 Å². The summed E-state index contributed by atoms with van der Waals surface area (Å²) in [4.78, 5) is 4.48. The third-order valence-corrected chi connectivity index (χ3v) is 6.30. The molecule has 0 radical (unpaired) electrons. The van der Waals surface area contributed by atoms with Crippen LogP contribution in [0, 0.1) is 6.92 Å². The molecule has 1 aromatic carbocycles. The fraction of sp³-hybridized carbons (Fsp3) is 0.214. The number of aromatic nitrogens is 1. The molecule has 1 aliphatic rings. The smallest absolute Gasteiger partial charge is 0.125 e. The second kappa shape index (κ2) is 3.96. The molecule has 18 heavy (non-hydrogen) atoms. The summed E-state index contributed by atoms with van der Waals surface area (Å²) in [6.07, 6.45) is 5.20. The first-order chi connectivity index (χ1) is 8.60. The molecule has 3 rings (SSSR count). The molecule has 0 saturated heterocycles. The summed E-state index contributed by atoms with van der Waals surface area (Å²) in [6, 6.07) is 7.65. The zero-order chi connectivity index (χ0) is 12.8. The van der Waals surface area contributed by atoms with Gasteiger partial charge in [0.05, 0.1) is 5.52 Å². The van der Waals surface area contributed by atoms with E-state index < -0.39 is 7.14 Å². The lowest BCUT2D eigenvalue weighted by atomic mass is 10.2. The average Bonchev–Trinajstić information content (AvgIpc) is 2.77. The van der Waals surface area contributed by atoms with Gasteiger partial charge in [-0.2, -0.15) is 0 Å². The van der Waals surface area contributed by atoms with Crippen molar-refractivity contribution in [1.29, 1.82) is 0 Å². The molecule has 0 amide bonds. The molecule has 2 heterocycles. The van der Waals surface area contributed by atoms with Crippen LogP contribution >= 0.6 is 7.14 Å². The van der Waals surface area contributed by atoms with E-state index in [2.05, 4.69) is 4.98 Å². The zero-order valence-electron chi connectivity index (χ0n) is 10.3. The lowest BCUT2D eigenvalue weighted by Gasteiger charge is -2.17. The van der Waals surface area contributed by atoms with E-state index in [4.69, 9.17) is 5.73 Å². The van der Waals surface area contributed by atoms with Crippen LogP contribution in [0.15, 0.2) is 36.4 Å². The Morgan fingerprint density at radius 3 is 2.61 bits per heavy atom. The van der Waals surface area contributed by atoms with E-state index >= 15 is 0 Å². The van der Waals surface area contributed by atoms with Gasteiger partial charge < -0.3 is 10.3 Å². The maximum Gasteiger partial charge on any atom is 0.125 e. The molecular weight excluding hydrogens is 243 g/mol. The monoisotopic (exact) mass is 258 g/mol. The molecule has 0 fully saturated rings. The van der Waals surface area contributed by atoms with E-state index in [1.165, 1.54) is 0 Å². The van der Waals surface area contributed by atoms with Crippen LogP contribution in [-0.4, -0.2) is 17.3 Å². The summed E-state index contributed by atoms with van der Waals surface area (Å²) in [5, 5.41) is 1.75. The number of benzene rings is 1. The molecule has 92 valence electrons. The molecular formula is C14H15N2OP. The first-order valence-electron chi connectivity index (χ1n) is 6.00. The van der Waals surface area contributed by atoms with E-state index in [9.17, 15) is 4.57 Å². The van der Waals surface area contributed by atoms with Crippen molar-refractivity contribution < 1.29 is 4.57 Å². The maximum atomic E-state index is 13.0. The van der Waals surface area contributed by atoms with E-state index in [1.54, 1.807) is 0 Å². The quantitative estimate of drug-likeness (QED) is 0.486. The van der Waals surface area contributed by atoms with Crippen molar-refractivity contribution >= 4 is 29.0 Å². The van der Waals surface area contributed by atoms with Crippen LogP contribution in [0.3, 0.4) is 0 Å². The highest BCUT2D eigenvalue weighted by molar-refractivity contribution is 7.73. The van der Waals surface area contributed by atoms with Gasteiger partial charge in [-0.05, 0) is 25.1 Å². The molecule has 0 aliphatic carbocycles. The Balaban J connectivity index is 2.34.